The molecule has 0 aliphatic carbocycles. The van der Waals surface area contributed by atoms with E-state index in [0.29, 0.717) is 5.92 Å². The zero-order chi connectivity index (χ0) is 15.5. The van der Waals surface area contributed by atoms with Crippen LogP contribution in [-0.4, -0.2) is 29.0 Å². The lowest BCUT2D eigenvalue weighted by Crippen LogP contribution is -2.37. The van der Waals surface area contributed by atoms with Crippen LogP contribution < -0.4 is 0 Å². The first-order valence-electron chi connectivity index (χ1n) is 7.82. The molecule has 0 saturated carbocycles. The zero-order valence-electron chi connectivity index (χ0n) is 12.8. The molecule has 2 aromatic carbocycles. The molecule has 0 unspecified atom stereocenters. The van der Waals surface area contributed by atoms with Gasteiger partial charge in [0.1, 0.15) is 5.75 Å². The first kappa shape index (κ1) is 14.6. The number of carbonyl (C=O) groups excluding carboxylic acids is 1. The summed E-state index contributed by atoms with van der Waals surface area (Å²) in [5.74, 6) is 1.08. The van der Waals surface area contributed by atoms with E-state index in [1.807, 2.05) is 41.3 Å². The average Bonchev–Trinajstić information content (AvgIpc) is 2.56. The highest BCUT2D eigenvalue weighted by Gasteiger charge is 2.21. The Labute approximate surface area is 131 Å². The van der Waals surface area contributed by atoms with E-state index < -0.39 is 0 Å². The van der Waals surface area contributed by atoms with Gasteiger partial charge in [-0.15, -0.1) is 0 Å². The second-order valence-corrected chi connectivity index (χ2v) is 6.10. The number of piperidine rings is 1. The topological polar surface area (TPSA) is 40.5 Å². The number of hydrogen-bond donors (Lipinski definition) is 1. The minimum absolute atomic E-state index is 0.118. The van der Waals surface area contributed by atoms with Gasteiger partial charge >= 0.3 is 0 Å². The van der Waals surface area contributed by atoms with Crippen molar-refractivity contribution < 1.29 is 9.90 Å². The van der Waals surface area contributed by atoms with E-state index in [2.05, 4.69) is 6.92 Å². The molecule has 1 fully saturated rings. The molecule has 0 atom stereocenters. The van der Waals surface area contributed by atoms with Crippen molar-refractivity contribution in [2.45, 2.75) is 19.8 Å². The van der Waals surface area contributed by atoms with Crippen molar-refractivity contribution in [3.63, 3.8) is 0 Å². The maximum absolute atomic E-state index is 12.6. The predicted molar refractivity (Wildman–Crippen MR) is 87.8 cm³/mol. The molecule has 0 spiro atoms. The van der Waals surface area contributed by atoms with Crippen molar-refractivity contribution in [1.82, 2.24) is 4.90 Å². The third-order valence-electron chi connectivity index (χ3n) is 4.38. The fourth-order valence-corrected chi connectivity index (χ4v) is 2.88. The van der Waals surface area contributed by atoms with Crippen molar-refractivity contribution in [1.29, 1.82) is 0 Å². The molecule has 1 aliphatic rings. The van der Waals surface area contributed by atoms with E-state index in [-0.39, 0.29) is 11.7 Å². The number of carbonyl (C=O) groups is 1. The van der Waals surface area contributed by atoms with Crippen LogP contribution in [0.4, 0.5) is 0 Å². The molecule has 0 aromatic heterocycles. The van der Waals surface area contributed by atoms with Gasteiger partial charge in [0.15, 0.2) is 0 Å². The minimum atomic E-state index is 0.118. The van der Waals surface area contributed by atoms with Gasteiger partial charge in [0.2, 0.25) is 0 Å². The molecule has 1 amide bonds. The quantitative estimate of drug-likeness (QED) is 0.912. The lowest BCUT2D eigenvalue weighted by molar-refractivity contribution is 0.0697. The highest BCUT2D eigenvalue weighted by atomic mass is 16.3. The number of phenolic OH excluding ortho intramolecular Hbond substituents is 1. The highest BCUT2D eigenvalue weighted by Crippen LogP contribution is 2.24. The van der Waals surface area contributed by atoms with Gasteiger partial charge in [0, 0.05) is 18.7 Å². The number of nitrogens with zero attached hydrogens (tertiary/aromatic N) is 1. The molecule has 1 N–H and O–H groups in total. The summed E-state index contributed by atoms with van der Waals surface area (Å²) in [6.45, 7) is 3.94. The van der Waals surface area contributed by atoms with E-state index in [0.717, 1.165) is 42.6 Å². The van der Waals surface area contributed by atoms with Gasteiger partial charge in [-0.1, -0.05) is 31.2 Å². The van der Waals surface area contributed by atoms with Gasteiger partial charge in [-0.25, -0.2) is 0 Å². The van der Waals surface area contributed by atoms with E-state index in [1.165, 1.54) is 0 Å². The molecule has 3 nitrogen and oxygen atoms in total. The van der Waals surface area contributed by atoms with Gasteiger partial charge in [-0.3, -0.25) is 4.79 Å². The number of amides is 1. The second kappa shape index (κ2) is 6.22. The third-order valence-corrected chi connectivity index (χ3v) is 4.38. The summed E-state index contributed by atoms with van der Waals surface area (Å²) in [6.07, 6.45) is 2.17. The molecular weight excluding hydrogens is 274 g/mol. The van der Waals surface area contributed by atoms with Crippen molar-refractivity contribution in [3.05, 3.63) is 54.1 Å². The molecule has 3 heteroatoms. The maximum Gasteiger partial charge on any atom is 0.253 e. The largest absolute Gasteiger partial charge is 0.508 e. The summed E-state index contributed by atoms with van der Waals surface area (Å²) < 4.78 is 0. The Morgan fingerprint density at radius 3 is 2.41 bits per heavy atom. The van der Waals surface area contributed by atoms with Crippen molar-refractivity contribution >= 4 is 5.91 Å². The maximum atomic E-state index is 12.6. The highest BCUT2D eigenvalue weighted by molar-refractivity contribution is 5.95. The Bertz CT molecular complexity index is 655. The Balaban J connectivity index is 1.81. The van der Waals surface area contributed by atoms with Crippen molar-refractivity contribution in [2.75, 3.05) is 13.1 Å². The molecule has 1 aliphatic heterocycles. The lowest BCUT2D eigenvalue weighted by atomic mass is 9.98. The predicted octanol–water partition coefficient (Wildman–Crippen LogP) is 3.93. The Morgan fingerprint density at radius 2 is 1.73 bits per heavy atom. The summed E-state index contributed by atoms with van der Waals surface area (Å²) in [5, 5.41) is 9.38. The minimum Gasteiger partial charge on any atom is -0.508 e. The summed E-state index contributed by atoms with van der Waals surface area (Å²) >= 11 is 0. The van der Waals surface area contributed by atoms with Crippen LogP contribution in [0.2, 0.25) is 0 Å². The molecule has 114 valence electrons. The van der Waals surface area contributed by atoms with E-state index in [9.17, 15) is 9.90 Å². The Kier molecular flexibility index (Phi) is 4.14. The standard InChI is InChI=1S/C19H21NO2/c1-14-9-11-20(12-10-14)19(22)17-4-2-3-16(13-17)15-5-7-18(21)8-6-15/h2-8,13-14,21H,9-12H2,1H3. The van der Waals surface area contributed by atoms with E-state index >= 15 is 0 Å². The lowest BCUT2D eigenvalue weighted by Gasteiger charge is -2.30. The smallest absolute Gasteiger partial charge is 0.253 e. The first-order valence-corrected chi connectivity index (χ1v) is 7.82. The van der Waals surface area contributed by atoms with Gasteiger partial charge in [-0.2, -0.15) is 0 Å². The fourth-order valence-electron chi connectivity index (χ4n) is 2.88. The number of rotatable bonds is 2. The zero-order valence-corrected chi connectivity index (χ0v) is 12.8. The van der Waals surface area contributed by atoms with Crippen LogP contribution in [0.25, 0.3) is 11.1 Å². The molecule has 0 radical (unpaired) electrons. The van der Waals surface area contributed by atoms with Crippen molar-refractivity contribution in [2.24, 2.45) is 5.92 Å². The monoisotopic (exact) mass is 295 g/mol. The molecule has 2 aromatic rings. The van der Waals surface area contributed by atoms with Crippen molar-refractivity contribution in [3.8, 4) is 16.9 Å². The van der Waals surface area contributed by atoms with Gasteiger partial charge < -0.3 is 10.0 Å². The summed E-state index contributed by atoms with van der Waals surface area (Å²) in [6, 6.07) is 14.8. The van der Waals surface area contributed by atoms with Crippen LogP contribution in [0.5, 0.6) is 5.75 Å². The summed E-state index contributed by atoms with van der Waals surface area (Å²) in [7, 11) is 0. The van der Waals surface area contributed by atoms with Crippen LogP contribution >= 0.6 is 0 Å². The fraction of sp³-hybridized carbons (Fsp3) is 0.316. The molecular formula is C19H21NO2. The van der Waals surface area contributed by atoms with E-state index in [1.54, 1.807) is 12.1 Å². The Morgan fingerprint density at radius 1 is 1.05 bits per heavy atom. The third kappa shape index (κ3) is 3.14. The van der Waals surface area contributed by atoms with Gasteiger partial charge in [0.25, 0.3) is 5.91 Å². The molecule has 22 heavy (non-hydrogen) atoms. The number of hydrogen-bond acceptors (Lipinski definition) is 2. The Hall–Kier alpha value is -2.29. The normalized spacial score (nSPS) is 15.8. The number of aromatic hydroxyl groups is 1. The summed E-state index contributed by atoms with van der Waals surface area (Å²) in [5.41, 5.74) is 2.73. The van der Waals surface area contributed by atoms with Crippen LogP contribution in [0.3, 0.4) is 0 Å². The van der Waals surface area contributed by atoms with E-state index in [4.69, 9.17) is 0 Å². The van der Waals surface area contributed by atoms with Gasteiger partial charge in [0.05, 0.1) is 0 Å². The van der Waals surface area contributed by atoms with Crippen LogP contribution in [0.15, 0.2) is 48.5 Å². The van der Waals surface area contributed by atoms with Crippen LogP contribution in [-0.2, 0) is 0 Å². The van der Waals surface area contributed by atoms with Gasteiger partial charge in [-0.05, 0) is 54.2 Å². The first-order chi connectivity index (χ1) is 10.6. The van der Waals surface area contributed by atoms with Crippen LogP contribution in [0, 0.1) is 5.92 Å². The summed E-state index contributed by atoms with van der Waals surface area (Å²) in [4.78, 5) is 14.6. The molecule has 0 bridgehead atoms. The molecule has 1 saturated heterocycles. The average molecular weight is 295 g/mol. The SMILES string of the molecule is CC1CCN(C(=O)c2cccc(-c3ccc(O)cc3)c2)CC1. The number of likely N-dealkylation sites (tertiary alicyclic amines) is 1. The second-order valence-electron chi connectivity index (χ2n) is 6.10. The molecule has 3 rings (SSSR count). The van der Waals surface area contributed by atoms with Crippen LogP contribution in [0.1, 0.15) is 30.1 Å². The number of phenols is 1. The number of benzene rings is 2. The molecule has 1 heterocycles.